The van der Waals surface area contributed by atoms with Gasteiger partial charge in [0.05, 0.1) is 20.3 Å². The van der Waals surface area contributed by atoms with Crippen LogP contribution in [-0.2, 0) is 11.2 Å². The average molecular weight is 472 g/mol. The molecule has 5 heteroatoms. The summed E-state index contributed by atoms with van der Waals surface area (Å²) in [7, 11) is 4.78. The summed E-state index contributed by atoms with van der Waals surface area (Å²) < 4.78 is 16.3. The van der Waals surface area contributed by atoms with Crippen LogP contribution in [0.3, 0.4) is 0 Å². The summed E-state index contributed by atoms with van der Waals surface area (Å²) in [6.07, 6.45) is 10.5. The van der Waals surface area contributed by atoms with Crippen LogP contribution in [0.4, 0.5) is 0 Å². The van der Waals surface area contributed by atoms with Crippen molar-refractivity contribution in [1.29, 1.82) is 0 Å². The standard InChI is InChI=1S/C29H45NO4/c1-18(2)14-22(6)27(32-9)23(7)17-21(5)16-20(4)15-19(3)12-13-25-24(8)26(31)28(33-10)29(30-25)34-11/h12,14,16-18,23,27H,13,15H2,1-11H3,(H,30,31)/b19-12+,20-16+,21-17+,22-14+/t23-,27+/m1/s1. The molecule has 1 rings (SSSR count). The lowest BCUT2D eigenvalue weighted by atomic mass is 9.93. The summed E-state index contributed by atoms with van der Waals surface area (Å²) >= 11 is 0. The molecule has 5 nitrogen and oxygen atoms in total. The fraction of sp³-hybridized carbons (Fsp3) is 0.552. The molecule has 0 aliphatic carbocycles. The number of methoxy groups -OCH3 is 3. The van der Waals surface area contributed by atoms with Crippen LogP contribution in [0.5, 0.6) is 11.6 Å². The number of hydrogen-bond acceptors (Lipinski definition) is 4. The first kappa shape index (κ1) is 29.5. The molecule has 0 aliphatic heterocycles. The second-order valence-corrected chi connectivity index (χ2v) is 9.63. The van der Waals surface area contributed by atoms with Gasteiger partial charge in [-0.1, -0.05) is 61.8 Å². The summed E-state index contributed by atoms with van der Waals surface area (Å²) in [6, 6.07) is 0. The van der Waals surface area contributed by atoms with Gasteiger partial charge in [0.1, 0.15) is 0 Å². The zero-order valence-corrected chi connectivity index (χ0v) is 23.1. The first-order valence-corrected chi connectivity index (χ1v) is 12.0. The van der Waals surface area contributed by atoms with Crippen molar-refractivity contribution < 1.29 is 14.2 Å². The second-order valence-electron chi connectivity index (χ2n) is 9.63. The lowest BCUT2D eigenvalue weighted by Crippen LogP contribution is -2.21. The molecule has 0 spiro atoms. The maximum Gasteiger partial charge on any atom is 0.238 e. The molecule has 34 heavy (non-hydrogen) atoms. The predicted octanol–water partition coefficient (Wildman–Crippen LogP) is 6.73. The molecule has 1 N–H and O–H groups in total. The van der Waals surface area contributed by atoms with E-state index in [-0.39, 0.29) is 23.2 Å². The van der Waals surface area contributed by atoms with E-state index in [1.807, 2.05) is 6.92 Å². The molecule has 0 unspecified atom stereocenters. The van der Waals surface area contributed by atoms with Crippen LogP contribution >= 0.6 is 0 Å². The van der Waals surface area contributed by atoms with Crippen molar-refractivity contribution in [3.8, 4) is 11.6 Å². The third-order valence-corrected chi connectivity index (χ3v) is 5.87. The molecular weight excluding hydrogens is 426 g/mol. The molecule has 0 saturated heterocycles. The van der Waals surface area contributed by atoms with Crippen molar-refractivity contribution in [1.82, 2.24) is 4.98 Å². The minimum absolute atomic E-state index is 0.0829. The zero-order valence-electron chi connectivity index (χ0n) is 23.1. The molecule has 190 valence electrons. The van der Waals surface area contributed by atoms with Crippen LogP contribution in [-0.4, -0.2) is 32.4 Å². The van der Waals surface area contributed by atoms with Gasteiger partial charge < -0.3 is 19.2 Å². The fourth-order valence-electron chi connectivity index (χ4n) is 4.45. The monoisotopic (exact) mass is 471 g/mol. The van der Waals surface area contributed by atoms with Gasteiger partial charge in [-0.25, -0.2) is 0 Å². The largest absolute Gasteiger partial charge is 0.488 e. The summed E-state index contributed by atoms with van der Waals surface area (Å²) in [6.45, 7) is 17.0. The lowest BCUT2D eigenvalue weighted by molar-refractivity contribution is 0.103. The first-order valence-electron chi connectivity index (χ1n) is 12.0. The van der Waals surface area contributed by atoms with Crippen LogP contribution in [0.2, 0.25) is 0 Å². The molecule has 0 bridgehead atoms. The number of H-pyrrole nitrogens is 1. The first-order chi connectivity index (χ1) is 15.9. The highest BCUT2D eigenvalue weighted by Gasteiger charge is 2.17. The van der Waals surface area contributed by atoms with E-state index in [1.54, 1.807) is 7.11 Å². The topological polar surface area (TPSA) is 60.5 Å². The van der Waals surface area contributed by atoms with Gasteiger partial charge in [0.15, 0.2) is 0 Å². The molecule has 0 aromatic carbocycles. The zero-order chi connectivity index (χ0) is 26.0. The molecule has 1 aromatic heterocycles. The maximum absolute atomic E-state index is 12.5. The van der Waals surface area contributed by atoms with E-state index in [0.29, 0.717) is 23.8 Å². The Morgan fingerprint density at radius 3 is 2.15 bits per heavy atom. The Hall–Kier alpha value is -2.53. The highest BCUT2D eigenvalue weighted by atomic mass is 16.5. The van der Waals surface area contributed by atoms with Gasteiger partial charge in [-0.05, 0) is 52.5 Å². The van der Waals surface area contributed by atoms with E-state index in [4.69, 9.17) is 14.2 Å². The van der Waals surface area contributed by atoms with Gasteiger partial charge in [0.2, 0.25) is 17.1 Å². The number of rotatable bonds is 12. The van der Waals surface area contributed by atoms with Crippen LogP contribution in [0.1, 0.15) is 66.1 Å². The lowest BCUT2D eigenvalue weighted by Gasteiger charge is -2.22. The number of pyridine rings is 1. The minimum atomic E-state index is -0.141. The quantitative estimate of drug-likeness (QED) is 0.271. The second kappa shape index (κ2) is 14.0. The van der Waals surface area contributed by atoms with Crippen LogP contribution in [0.25, 0.3) is 0 Å². The summed E-state index contributed by atoms with van der Waals surface area (Å²) in [5.41, 5.74) is 6.39. The summed E-state index contributed by atoms with van der Waals surface area (Å²) in [5, 5.41) is 0. The van der Waals surface area contributed by atoms with Crippen molar-refractivity contribution in [3.05, 3.63) is 68.1 Å². The number of nitrogens with one attached hydrogen (secondary N) is 1. The molecular formula is C29H45NO4. The van der Waals surface area contributed by atoms with Gasteiger partial charge in [-0.2, -0.15) is 0 Å². The molecule has 0 amide bonds. The molecule has 0 aliphatic rings. The Morgan fingerprint density at radius 2 is 1.62 bits per heavy atom. The third-order valence-electron chi connectivity index (χ3n) is 5.87. The Morgan fingerprint density at radius 1 is 0.971 bits per heavy atom. The predicted molar refractivity (Wildman–Crippen MR) is 143 cm³/mol. The normalized spacial score (nSPS) is 15.5. The number of ether oxygens (including phenoxy) is 3. The highest BCUT2D eigenvalue weighted by Crippen LogP contribution is 2.23. The molecule has 0 fully saturated rings. The summed E-state index contributed by atoms with van der Waals surface area (Å²) in [4.78, 5) is 15.7. The Labute approximate surface area is 206 Å². The smallest absolute Gasteiger partial charge is 0.238 e. The van der Waals surface area contributed by atoms with Crippen molar-refractivity contribution in [3.63, 3.8) is 0 Å². The van der Waals surface area contributed by atoms with Crippen molar-refractivity contribution >= 4 is 0 Å². The van der Waals surface area contributed by atoms with E-state index in [2.05, 4.69) is 77.8 Å². The van der Waals surface area contributed by atoms with Crippen molar-refractivity contribution in [2.24, 2.45) is 11.8 Å². The van der Waals surface area contributed by atoms with Gasteiger partial charge in [-0.15, -0.1) is 0 Å². The number of hydrogen-bond donors (Lipinski definition) is 1. The highest BCUT2D eigenvalue weighted by molar-refractivity contribution is 5.40. The Balaban J connectivity index is 2.95. The van der Waals surface area contributed by atoms with Crippen molar-refractivity contribution in [2.75, 3.05) is 21.3 Å². The van der Waals surface area contributed by atoms with Crippen LogP contribution in [0.15, 0.2) is 51.4 Å². The van der Waals surface area contributed by atoms with E-state index < -0.39 is 0 Å². The van der Waals surface area contributed by atoms with Gasteiger partial charge >= 0.3 is 0 Å². The van der Waals surface area contributed by atoms with Gasteiger partial charge in [-0.3, -0.25) is 4.79 Å². The molecule has 0 saturated carbocycles. The van der Waals surface area contributed by atoms with Gasteiger partial charge in [0.25, 0.3) is 0 Å². The average Bonchev–Trinajstić information content (AvgIpc) is 2.74. The van der Waals surface area contributed by atoms with Crippen LogP contribution in [0, 0.1) is 18.8 Å². The van der Waals surface area contributed by atoms with Crippen molar-refractivity contribution in [2.45, 2.75) is 74.3 Å². The summed E-state index contributed by atoms with van der Waals surface area (Å²) in [5.74, 6) is 1.36. The van der Waals surface area contributed by atoms with E-state index in [1.165, 1.54) is 36.5 Å². The van der Waals surface area contributed by atoms with Gasteiger partial charge in [0, 0.05) is 30.7 Å². The Bertz CT molecular complexity index is 992. The van der Waals surface area contributed by atoms with E-state index in [9.17, 15) is 4.79 Å². The molecule has 0 radical (unpaired) electrons. The molecule has 1 aromatic rings. The maximum atomic E-state index is 12.5. The fourth-order valence-corrected chi connectivity index (χ4v) is 4.45. The van der Waals surface area contributed by atoms with E-state index >= 15 is 0 Å². The molecule has 1 heterocycles. The molecule has 2 atom stereocenters. The number of aromatic amines is 1. The number of allylic oxidation sites excluding steroid dienone is 6. The van der Waals surface area contributed by atoms with E-state index in [0.717, 1.165) is 12.1 Å². The minimum Gasteiger partial charge on any atom is -0.488 e. The Kier molecular flexibility index (Phi) is 12.2. The third kappa shape index (κ3) is 8.68. The number of aromatic nitrogens is 1. The SMILES string of the molecule is COc1[nH]c(C/C=C(\C)C/C(C)=C/C(C)=C/[C@@H](C)[C@@H](OC)/C(C)=C/C(C)C)c(C)c(=O)c1OC. The van der Waals surface area contributed by atoms with Crippen LogP contribution < -0.4 is 14.9 Å².